The van der Waals surface area contributed by atoms with Crippen LogP contribution in [-0.4, -0.2) is 45.7 Å². The number of hydrogen-bond donors (Lipinski definition) is 3. The Morgan fingerprint density at radius 1 is 0.964 bits per heavy atom. The van der Waals surface area contributed by atoms with Crippen LogP contribution in [0.4, 0.5) is 0 Å². The lowest BCUT2D eigenvalue weighted by molar-refractivity contribution is 0.0954. The van der Waals surface area contributed by atoms with Gasteiger partial charge in [-0.05, 0) is 29.8 Å². The van der Waals surface area contributed by atoms with Gasteiger partial charge in [-0.2, -0.15) is 0 Å². The maximum Gasteiger partial charge on any atom is 0.251 e. The molecule has 0 saturated heterocycles. The second-order valence-electron chi connectivity index (χ2n) is 7.09. The van der Waals surface area contributed by atoms with Gasteiger partial charge in [-0.25, -0.2) is 0 Å². The van der Waals surface area contributed by atoms with E-state index in [-0.39, 0.29) is 11.3 Å². The second kappa shape index (κ2) is 10.3. The molecule has 28 heavy (non-hydrogen) atoms. The molecule has 0 saturated carbocycles. The van der Waals surface area contributed by atoms with E-state index in [9.17, 15) is 4.79 Å². The summed E-state index contributed by atoms with van der Waals surface area (Å²) in [5.41, 5.74) is 1.85. The van der Waals surface area contributed by atoms with Crippen molar-refractivity contribution in [3.05, 3.63) is 65.7 Å². The minimum absolute atomic E-state index is 0.0263. The van der Waals surface area contributed by atoms with Gasteiger partial charge >= 0.3 is 0 Å². The number of rotatable bonds is 8. The van der Waals surface area contributed by atoms with Crippen molar-refractivity contribution in [2.45, 2.75) is 19.3 Å². The SMILES string of the molecule is CN=C(NCCNC(=O)c1ccc(OC)cc1)NCC(C)(C)c1ccccc1. The first-order chi connectivity index (χ1) is 13.5. The second-order valence-corrected chi connectivity index (χ2v) is 7.09. The van der Waals surface area contributed by atoms with Crippen LogP contribution in [0.5, 0.6) is 5.75 Å². The first-order valence-electron chi connectivity index (χ1n) is 9.38. The van der Waals surface area contributed by atoms with Gasteiger partial charge in [0, 0.05) is 37.7 Å². The van der Waals surface area contributed by atoms with Crippen molar-refractivity contribution >= 4 is 11.9 Å². The fourth-order valence-electron chi connectivity index (χ4n) is 2.72. The lowest BCUT2D eigenvalue weighted by Gasteiger charge is -2.26. The Labute approximate surface area is 167 Å². The van der Waals surface area contributed by atoms with Gasteiger partial charge in [-0.15, -0.1) is 0 Å². The van der Waals surface area contributed by atoms with Crippen LogP contribution in [0.25, 0.3) is 0 Å². The highest BCUT2D eigenvalue weighted by Crippen LogP contribution is 2.21. The molecule has 6 nitrogen and oxygen atoms in total. The molecule has 0 atom stereocenters. The minimum Gasteiger partial charge on any atom is -0.497 e. The summed E-state index contributed by atoms with van der Waals surface area (Å²) in [7, 11) is 3.34. The summed E-state index contributed by atoms with van der Waals surface area (Å²) < 4.78 is 5.10. The van der Waals surface area contributed by atoms with E-state index in [0.29, 0.717) is 24.6 Å². The molecule has 2 aromatic rings. The molecule has 0 aliphatic rings. The van der Waals surface area contributed by atoms with Crippen LogP contribution in [0.3, 0.4) is 0 Å². The number of methoxy groups -OCH3 is 1. The fraction of sp³-hybridized carbons (Fsp3) is 0.364. The Balaban J connectivity index is 1.74. The van der Waals surface area contributed by atoms with E-state index >= 15 is 0 Å². The van der Waals surface area contributed by atoms with E-state index in [1.165, 1.54) is 5.56 Å². The molecule has 150 valence electrons. The van der Waals surface area contributed by atoms with E-state index in [2.05, 4.69) is 59.1 Å². The topological polar surface area (TPSA) is 74.8 Å². The number of amides is 1. The summed E-state index contributed by atoms with van der Waals surface area (Å²) in [6, 6.07) is 17.4. The van der Waals surface area contributed by atoms with Crippen LogP contribution in [-0.2, 0) is 5.41 Å². The van der Waals surface area contributed by atoms with Crippen molar-refractivity contribution in [2.75, 3.05) is 33.8 Å². The number of benzene rings is 2. The summed E-state index contributed by atoms with van der Waals surface area (Å²) in [6.07, 6.45) is 0. The normalized spacial score (nSPS) is 11.6. The van der Waals surface area contributed by atoms with Gasteiger partial charge in [-0.1, -0.05) is 44.2 Å². The number of carbonyl (C=O) groups excluding carboxylic acids is 1. The van der Waals surface area contributed by atoms with Crippen molar-refractivity contribution in [3.63, 3.8) is 0 Å². The summed E-state index contributed by atoms with van der Waals surface area (Å²) in [6.45, 7) is 6.20. The maximum atomic E-state index is 12.1. The third-order valence-corrected chi connectivity index (χ3v) is 4.53. The van der Waals surface area contributed by atoms with Gasteiger partial charge in [0.15, 0.2) is 5.96 Å². The molecule has 0 bridgehead atoms. The minimum atomic E-state index is -0.113. The number of ether oxygens (including phenoxy) is 1. The molecule has 0 unspecified atom stereocenters. The number of nitrogens with zero attached hydrogens (tertiary/aromatic N) is 1. The molecule has 1 amide bonds. The Morgan fingerprint density at radius 2 is 1.61 bits per heavy atom. The quantitative estimate of drug-likeness (QED) is 0.373. The van der Waals surface area contributed by atoms with Crippen LogP contribution in [0.1, 0.15) is 29.8 Å². The van der Waals surface area contributed by atoms with Crippen molar-refractivity contribution in [1.82, 2.24) is 16.0 Å². The van der Waals surface area contributed by atoms with E-state index in [4.69, 9.17) is 4.74 Å². The smallest absolute Gasteiger partial charge is 0.251 e. The molecule has 0 aliphatic carbocycles. The van der Waals surface area contributed by atoms with Crippen LogP contribution in [0, 0.1) is 0 Å². The van der Waals surface area contributed by atoms with Crippen LogP contribution < -0.4 is 20.7 Å². The van der Waals surface area contributed by atoms with Crippen LogP contribution in [0.15, 0.2) is 59.6 Å². The zero-order chi connectivity index (χ0) is 20.4. The van der Waals surface area contributed by atoms with Gasteiger partial charge in [0.2, 0.25) is 0 Å². The molecule has 0 aliphatic heterocycles. The van der Waals surface area contributed by atoms with E-state index in [0.717, 1.165) is 12.3 Å². The van der Waals surface area contributed by atoms with Gasteiger partial charge < -0.3 is 20.7 Å². The fourth-order valence-corrected chi connectivity index (χ4v) is 2.72. The lowest BCUT2D eigenvalue weighted by atomic mass is 9.85. The predicted molar refractivity (Wildman–Crippen MR) is 114 cm³/mol. The highest BCUT2D eigenvalue weighted by molar-refractivity contribution is 5.94. The molecule has 0 heterocycles. The molecular weight excluding hydrogens is 352 g/mol. The molecule has 6 heteroatoms. The van der Waals surface area contributed by atoms with Crippen molar-refractivity contribution in [3.8, 4) is 5.75 Å². The molecule has 3 N–H and O–H groups in total. The number of aliphatic imine (C=N–C) groups is 1. The summed E-state index contributed by atoms with van der Waals surface area (Å²) in [5.74, 6) is 1.33. The summed E-state index contributed by atoms with van der Waals surface area (Å²) in [4.78, 5) is 16.4. The number of guanidine groups is 1. The Hall–Kier alpha value is -3.02. The van der Waals surface area contributed by atoms with Crippen LogP contribution in [0.2, 0.25) is 0 Å². The van der Waals surface area contributed by atoms with Gasteiger partial charge in [-0.3, -0.25) is 9.79 Å². The molecule has 2 rings (SSSR count). The first-order valence-corrected chi connectivity index (χ1v) is 9.38. The maximum absolute atomic E-state index is 12.1. The Bertz CT molecular complexity index is 771. The predicted octanol–water partition coefficient (Wildman–Crippen LogP) is 2.57. The number of hydrogen-bond acceptors (Lipinski definition) is 3. The zero-order valence-electron chi connectivity index (χ0n) is 17.1. The molecule has 0 fully saturated rings. The molecule has 0 radical (unpaired) electrons. The van der Waals surface area contributed by atoms with Crippen LogP contribution >= 0.6 is 0 Å². The first kappa shape index (κ1) is 21.3. The number of nitrogens with one attached hydrogen (secondary N) is 3. The zero-order valence-corrected chi connectivity index (χ0v) is 17.1. The average Bonchev–Trinajstić information content (AvgIpc) is 2.73. The highest BCUT2D eigenvalue weighted by Gasteiger charge is 2.20. The Morgan fingerprint density at radius 3 is 2.21 bits per heavy atom. The standard InChI is InChI=1S/C22H30N4O2/c1-22(2,18-8-6-5-7-9-18)16-26-21(23-3)25-15-14-24-20(27)17-10-12-19(28-4)13-11-17/h5-13H,14-16H2,1-4H3,(H,24,27)(H2,23,25,26). The monoisotopic (exact) mass is 382 g/mol. The summed E-state index contributed by atoms with van der Waals surface area (Å²) in [5, 5.41) is 9.46. The van der Waals surface area contributed by atoms with Gasteiger partial charge in [0.1, 0.15) is 5.75 Å². The van der Waals surface area contributed by atoms with Gasteiger partial charge in [0.05, 0.1) is 7.11 Å². The third-order valence-electron chi connectivity index (χ3n) is 4.53. The van der Waals surface area contributed by atoms with Crippen molar-refractivity contribution in [1.29, 1.82) is 0 Å². The van der Waals surface area contributed by atoms with Crippen molar-refractivity contribution in [2.24, 2.45) is 4.99 Å². The van der Waals surface area contributed by atoms with E-state index in [1.54, 1.807) is 38.4 Å². The average molecular weight is 383 g/mol. The highest BCUT2D eigenvalue weighted by atomic mass is 16.5. The lowest BCUT2D eigenvalue weighted by Crippen LogP contribution is -2.45. The molecule has 2 aromatic carbocycles. The van der Waals surface area contributed by atoms with E-state index < -0.39 is 0 Å². The van der Waals surface area contributed by atoms with E-state index in [1.807, 2.05) is 6.07 Å². The summed E-state index contributed by atoms with van der Waals surface area (Å²) >= 11 is 0. The van der Waals surface area contributed by atoms with Gasteiger partial charge in [0.25, 0.3) is 5.91 Å². The van der Waals surface area contributed by atoms with Crippen molar-refractivity contribution < 1.29 is 9.53 Å². The third kappa shape index (κ3) is 6.30. The molecule has 0 spiro atoms. The number of carbonyl (C=O) groups is 1. The molecular formula is C22H30N4O2. The Kier molecular flexibility index (Phi) is 7.87. The largest absolute Gasteiger partial charge is 0.497 e. The molecule has 0 aromatic heterocycles.